The van der Waals surface area contributed by atoms with E-state index in [2.05, 4.69) is 14.7 Å². The minimum atomic E-state index is -2.81. The van der Waals surface area contributed by atoms with Crippen molar-refractivity contribution in [3.63, 3.8) is 0 Å². The molecule has 2 heterocycles. The van der Waals surface area contributed by atoms with Gasteiger partial charge >= 0.3 is 6.61 Å². The molecule has 0 amide bonds. The SMILES string of the molecule is Cc1nc(N2CCC(CN)(COC(F)F)CC2)c(CO)nc1-c1cccc(Cl)c1Cl. The van der Waals surface area contributed by atoms with Crippen molar-refractivity contribution in [3.05, 3.63) is 39.6 Å². The van der Waals surface area contributed by atoms with Crippen LogP contribution in [0.5, 0.6) is 0 Å². The minimum absolute atomic E-state index is 0.0845. The van der Waals surface area contributed by atoms with E-state index in [1.54, 1.807) is 18.2 Å². The lowest BCUT2D eigenvalue weighted by Gasteiger charge is -2.41. The molecule has 1 aliphatic rings. The Hall–Kier alpha value is -1.58. The van der Waals surface area contributed by atoms with Crippen LogP contribution < -0.4 is 10.6 Å². The highest BCUT2D eigenvalue weighted by Gasteiger charge is 2.36. The van der Waals surface area contributed by atoms with Gasteiger partial charge in [-0.2, -0.15) is 8.78 Å². The molecule has 1 aliphatic heterocycles. The van der Waals surface area contributed by atoms with Crippen LogP contribution in [-0.4, -0.2) is 47.9 Å². The smallest absolute Gasteiger partial charge is 0.345 e. The molecule has 0 unspecified atom stereocenters. The standard InChI is InChI=1S/C20H24Cl2F2N4O2/c1-12-17(13-3-2-4-14(21)16(13)22)27-15(9-29)18(26-12)28-7-5-20(10-25,6-8-28)11-30-19(23)24/h2-4,19,29H,5-11,25H2,1H3. The molecule has 0 aliphatic carbocycles. The van der Waals surface area contributed by atoms with Gasteiger partial charge < -0.3 is 20.5 Å². The van der Waals surface area contributed by atoms with E-state index in [9.17, 15) is 13.9 Å². The van der Waals surface area contributed by atoms with Crippen molar-refractivity contribution in [1.29, 1.82) is 0 Å². The number of nitrogens with zero attached hydrogens (tertiary/aromatic N) is 3. The number of rotatable bonds is 7. The van der Waals surface area contributed by atoms with Gasteiger partial charge in [-0.05, 0) is 25.8 Å². The van der Waals surface area contributed by atoms with Crippen LogP contribution >= 0.6 is 23.2 Å². The van der Waals surface area contributed by atoms with Gasteiger partial charge in [-0.25, -0.2) is 9.97 Å². The molecule has 3 N–H and O–H groups in total. The van der Waals surface area contributed by atoms with Crippen LogP contribution in [0.2, 0.25) is 10.0 Å². The van der Waals surface area contributed by atoms with Crippen molar-refractivity contribution in [1.82, 2.24) is 9.97 Å². The van der Waals surface area contributed by atoms with Gasteiger partial charge in [0.2, 0.25) is 0 Å². The molecular formula is C20H24Cl2F2N4O2. The Kier molecular flexibility index (Phi) is 7.47. The fourth-order valence-electron chi connectivity index (χ4n) is 3.68. The molecule has 1 fully saturated rings. The maximum Gasteiger partial charge on any atom is 0.345 e. The lowest BCUT2D eigenvalue weighted by molar-refractivity contribution is -0.153. The molecule has 0 bridgehead atoms. The van der Waals surface area contributed by atoms with Crippen molar-refractivity contribution >= 4 is 29.0 Å². The van der Waals surface area contributed by atoms with Crippen LogP contribution in [0, 0.1) is 12.3 Å². The highest BCUT2D eigenvalue weighted by molar-refractivity contribution is 6.43. The summed E-state index contributed by atoms with van der Waals surface area (Å²) in [5.74, 6) is 0.567. The van der Waals surface area contributed by atoms with E-state index in [4.69, 9.17) is 28.9 Å². The maximum atomic E-state index is 12.5. The van der Waals surface area contributed by atoms with Crippen LogP contribution in [0.25, 0.3) is 11.3 Å². The number of hydrogen-bond acceptors (Lipinski definition) is 6. The second-order valence-electron chi connectivity index (χ2n) is 7.45. The number of piperidine rings is 1. The summed E-state index contributed by atoms with van der Waals surface area (Å²) < 4.78 is 29.5. The number of aromatic nitrogens is 2. The van der Waals surface area contributed by atoms with Gasteiger partial charge in [-0.3, -0.25) is 0 Å². The third-order valence-corrected chi connectivity index (χ3v) is 6.37. The van der Waals surface area contributed by atoms with Crippen molar-refractivity contribution < 1.29 is 18.6 Å². The fraction of sp³-hybridized carbons (Fsp3) is 0.500. The molecule has 0 spiro atoms. The number of alkyl halides is 2. The predicted octanol–water partition coefficient (Wildman–Crippen LogP) is 4.04. The van der Waals surface area contributed by atoms with E-state index in [0.717, 1.165) is 0 Å². The fourth-order valence-corrected chi connectivity index (χ4v) is 4.07. The van der Waals surface area contributed by atoms with Crippen LogP contribution in [0.3, 0.4) is 0 Å². The monoisotopic (exact) mass is 460 g/mol. The molecule has 1 saturated heterocycles. The van der Waals surface area contributed by atoms with E-state index >= 15 is 0 Å². The first-order valence-electron chi connectivity index (χ1n) is 9.58. The summed E-state index contributed by atoms with van der Waals surface area (Å²) in [6.45, 7) is -0.0392. The molecule has 10 heteroatoms. The summed E-state index contributed by atoms with van der Waals surface area (Å²) in [5.41, 5.74) is 7.61. The largest absolute Gasteiger partial charge is 0.390 e. The van der Waals surface area contributed by atoms with Gasteiger partial charge in [0.05, 0.1) is 34.6 Å². The summed E-state index contributed by atoms with van der Waals surface area (Å²) in [6, 6.07) is 5.26. The van der Waals surface area contributed by atoms with Crippen LogP contribution in [0.15, 0.2) is 18.2 Å². The van der Waals surface area contributed by atoms with Crippen molar-refractivity contribution in [3.8, 4) is 11.3 Å². The topological polar surface area (TPSA) is 84.5 Å². The third-order valence-electron chi connectivity index (χ3n) is 5.55. The quantitative estimate of drug-likeness (QED) is 0.648. The number of hydrogen-bond donors (Lipinski definition) is 2. The Morgan fingerprint density at radius 1 is 1.27 bits per heavy atom. The minimum Gasteiger partial charge on any atom is -0.390 e. The number of ether oxygens (including phenoxy) is 1. The number of aliphatic hydroxyl groups excluding tert-OH is 1. The number of benzene rings is 1. The predicted molar refractivity (Wildman–Crippen MR) is 113 cm³/mol. The van der Waals surface area contributed by atoms with Crippen molar-refractivity contribution in [2.24, 2.45) is 11.1 Å². The zero-order chi connectivity index (χ0) is 21.9. The van der Waals surface area contributed by atoms with Gasteiger partial charge in [0, 0.05) is 30.6 Å². The number of aliphatic hydroxyl groups is 1. The number of halogens is 4. The Morgan fingerprint density at radius 3 is 2.57 bits per heavy atom. The summed E-state index contributed by atoms with van der Waals surface area (Å²) >= 11 is 12.5. The molecule has 6 nitrogen and oxygen atoms in total. The van der Waals surface area contributed by atoms with Crippen molar-refractivity contribution in [2.45, 2.75) is 33.0 Å². The van der Waals surface area contributed by atoms with E-state index in [-0.39, 0.29) is 19.8 Å². The Morgan fingerprint density at radius 2 is 1.97 bits per heavy atom. The average molecular weight is 461 g/mol. The zero-order valence-electron chi connectivity index (χ0n) is 16.5. The second kappa shape index (κ2) is 9.70. The Labute approximate surface area is 184 Å². The van der Waals surface area contributed by atoms with E-state index in [1.165, 1.54) is 0 Å². The molecule has 0 saturated carbocycles. The summed E-state index contributed by atoms with van der Waals surface area (Å²) in [6.07, 6.45) is 1.15. The second-order valence-corrected chi connectivity index (χ2v) is 8.24. The van der Waals surface area contributed by atoms with Crippen LogP contribution in [0.4, 0.5) is 14.6 Å². The normalized spacial score (nSPS) is 16.3. The summed E-state index contributed by atoms with van der Waals surface area (Å²) in [4.78, 5) is 11.3. The van der Waals surface area contributed by atoms with E-state index < -0.39 is 12.0 Å². The molecular weight excluding hydrogens is 437 g/mol. The van der Waals surface area contributed by atoms with Crippen molar-refractivity contribution in [2.75, 3.05) is 31.1 Å². The van der Waals surface area contributed by atoms with Gasteiger partial charge in [0.25, 0.3) is 0 Å². The molecule has 0 radical (unpaired) electrons. The Bertz CT molecular complexity index is 893. The zero-order valence-corrected chi connectivity index (χ0v) is 18.1. The van der Waals surface area contributed by atoms with Gasteiger partial charge in [0.15, 0.2) is 5.82 Å². The van der Waals surface area contributed by atoms with E-state index in [0.29, 0.717) is 64.4 Å². The summed E-state index contributed by atoms with van der Waals surface area (Å²) in [5, 5.41) is 10.7. The molecule has 164 valence electrons. The lowest BCUT2D eigenvalue weighted by atomic mass is 9.79. The number of nitrogens with two attached hydrogens (primary N) is 1. The first kappa shape index (κ1) is 23.1. The molecule has 0 atom stereocenters. The van der Waals surface area contributed by atoms with Crippen LogP contribution in [-0.2, 0) is 11.3 Å². The van der Waals surface area contributed by atoms with Gasteiger partial charge in [-0.15, -0.1) is 0 Å². The van der Waals surface area contributed by atoms with Gasteiger partial charge in [0.1, 0.15) is 5.69 Å². The maximum absolute atomic E-state index is 12.5. The molecule has 2 aromatic rings. The highest BCUT2D eigenvalue weighted by atomic mass is 35.5. The van der Waals surface area contributed by atoms with Crippen LogP contribution in [0.1, 0.15) is 24.2 Å². The number of aryl methyl sites for hydroxylation is 1. The lowest BCUT2D eigenvalue weighted by Crippen LogP contribution is -2.47. The molecule has 30 heavy (non-hydrogen) atoms. The first-order valence-corrected chi connectivity index (χ1v) is 10.3. The van der Waals surface area contributed by atoms with Gasteiger partial charge in [-0.1, -0.05) is 35.3 Å². The molecule has 1 aromatic carbocycles. The Balaban J connectivity index is 1.86. The molecule has 1 aromatic heterocycles. The van der Waals surface area contributed by atoms with E-state index in [1.807, 2.05) is 11.8 Å². The average Bonchev–Trinajstić information content (AvgIpc) is 2.74. The summed E-state index contributed by atoms with van der Waals surface area (Å²) in [7, 11) is 0. The third kappa shape index (κ3) is 4.84. The number of anilines is 1. The first-order chi connectivity index (χ1) is 14.3. The molecule has 3 rings (SSSR count). The highest BCUT2D eigenvalue weighted by Crippen LogP contribution is 2.37.